The van der Waals surface area contributed by atoms with Gasteiger partial charge >= 0.3 is 0 Å². The Balaban J connectivity index is 1.28. The summed E-state index contributed by atoms with van der Waals surface area (Å²) in [5.74, 6) is 1.59. The molecule has 2 heteroatoms. The molecule has 0 saturated heterocycles. The lowest BCUT2D eigenvalue weighted by Crippen LogP contribution is -2.02. The van der Waals surface area contributed by atoms with Crippen molar-refractivity contribution in [2.75, 3.05) is 0 Å². The van der Waals surface area contributed by atoms with Crippen molar-refractivity contribution in [2.24, 2.45) is 0 Å². The minimum atomic E-state index is 0.450. The SMILES string of the molecule is C(=C\c1cc(OCc2cccc3ccccc23)c(/C=C/c2ccccc2)cc1OCc1cccc2ccccc12)/c1ccccc1. The molecule has 7 rings (SSSR count). The smallest absolute Gasteiger partial charge is 0.127 e. The Bertz CT molecular complexity index is 1980. The third-order valence-corrected chi connectivity index (χ3v) is 8.18. The monoisotopic (exact) mass is 594 g/mol. The molecular formula is C44H34O2. The molecule has 0 saturated carbocycles. The molecule has 7 aromatic rings. The van der Waals surface area contributed by atoms with Gasteiger partial charge in [0.2, 0.25) is 0 Å². The van der Waals surface area contributed by atoms with Gasteiger partial charge in [0, 0.05) is 11.1 Å². The molecule has 0 aliphatic heterocycles. The highest BCUT2D eigenvalue weighted by Crippen LogP contribution is 2.34. The average Bonchev–Trinajstić information content (AvgIpc) is 3.12. The van der Waals surface area contributed by atoms with Crippen molar-refractivity contribution in [3.63, 3.8) is 0 Å². The topological polar surface area (TPSA) is 18.5 Å². The third-order valence-electron chi connectivity index (χ3n) is 8.18. The largest absolute Gasteiger partial charge is 0.488 e. The average molecular weight is 595 g/mol. The van der Waals surface area contributed by atoms with Crippen LogP contribution in [0, 0.1) is 0 Å². The molecule has 0 unspecified atom stereocenters. The highest BCUT2D eigenvalue weighted by atomic mass is 16.5. The minimum absolute atomic E-state index is 0.450. The van der Waals surface area contributed by atoms with E-state index in [1.165, 1.54) is 21.5 Å². The fraction of sp³-hybridized carbons (Fsp3) is 0.0455. The quantitative estimate of drug-likeness (QED) is 0.147. The second-order valence-corrected chi connectivity index (χ2v) is 11.3. The fourth-order valence-corrected chi connectivity index (χ4v) is 5.75. The van der Waals surface area contributed by atoms with Gasteiger partial charge in [-0.25, -0.2) is 0 Å². The second kappa shape index (κ2) is 13.8. The number of hydrogen-bond donors (Lipinski definition) is 0. The first kappa shape index (κ1) is 28.9. The summed E-state index contributed by atoms with van der Waals surface area (Å²) in [6.45, 7) is 0.900. The molecule has 0 amide bonds. The molecule has 0 atom stereocenters. The van der Waals surface area contributed by atoms with Gasteiger partial charge in [0.05, 0.1) is 0 Å². The van der Waals surface area contributed by atoms with E-state index in [2.05, 4.69) is 146 Å². The van der Waals surface area contributed by atoms with Gasteiger partial charge < -0.3 is 9.47 Å². The van der Waals surface area contributed by atoms with Gasteiger partial charge in [0.1, 0.15) is 24.7 Å². The van der Waals surface area contributed by atoms with Gasteiger partial charge in [-0.05, 0) is 55.9 Å². The zero-order valence-corrected chi connectivity index (χ0v) is 25.6. The van der Waals surface area contributed by atoms with E-state index in [-0.39, 0.29) is 0 Å². The van der Waals surface area contributed by atoms with Crippen LogP contribution < -0.4 is 9.47 Å². The second-order valence-electron chi connectivity index (χ2n) is 11.3. The highest BCUT2D eigenvalue weighted by molar-refractivity contribution is 5.86. The molecule has 46 heavy (non-hydrogen) atoms. The molecule has 0 heterocycles. The van der Waals surface area contributed by atoms with E-state index in [1.807, 2.05) is 36.4 Å². The minimum Gasteiger partial charge on any atom is -0.488 e. The maximum absolute atomic E-state index is 6.65. The Morgan fingerprint density at radius 1 is 0.370 bits per heavy atom. The van der Waals surface area contributed by atoms with Crippen molar-refractivity contribution in [1.82, 2.24) is 0 Å². The predicted octanol–water partition coefficient (Wildman–Crippen LogP) is 11.5. The predicted molar refractivity (Wildman–Crippen MR) is 194 cm³/mol. The molecule has 0 N–H and O–H groups in total. The summed E-state index contributed by atoms with van der Waals surface area (Å²) in [7, 11) is 0. The Labute approximate surface area is 270 Å². The third kappa shape index (κ3) is 6.77. The number of benzene rings is 7. The molecule has 0 radical (unpaired) electrons. The van der Waals surface area contributed by atoms with Crippen LogP contribution in [0.15, 0.2) is 158 Å². The number of fused-ring (bicyclic) bond motifs is 2. The van der Waals surface area contributed by atoms with E-state index in [0.717, 1.165) is 44.9 Å². The summed E-state index contributed by atoms with van der Waals surface area (Å²) in [5.41, 5.74) is 6.44. The van der Waals surface area contributed by atoms with Crippen LogP contribution in [0.3, 0.4) is 0 Å². The lowest BCUT2D eigenvalue weighted by atomic mass is 10.0. The van der Waals surface area contributed by atoms with Crippen LogP contribution in [0.25, 0.3) is 45.8 Å². The van der Waals surface area contributed by atoms with Crippen LogP contribution in [-0.4, -0.2) is 0 Å². The summed E-state index contributed by atoms with van der Waals surface area (Å²) >= 11 is 0. The van der Waals surface area contributed by atoms with E-state index in [0.29, 0.717) is 13.2 Å². The highest BCUT2D eigenvalue weighted by Gasteiger charge is 2.12. The normalized spacial score (nSPS) is 11.5. The standard InChI is InChI=1S/C44H34O2/c1-3-13-33(14-4-1)25-27-37-29-44(46-32-40-22-12-20-36-18-8-10-24-42(36)40)38(28-26-34-15-5-2-6-16-34)30-43(37)45-31-39-21-11-19-35-17-7-9-23-41(35)39/h1-30H,31-32H2/b27-25+,28-26+. The zero-order valence-electron chi connectivity index (χ0n) is 25.6. The summed E-state index contributed by atoms with van der Waals surface area (Å²) in [6, 6.07) is 54.5. The maximum Gasteiger partial charge on any atom is 0.127 e. The molecule has 0 aliphatic rings. The molecule has 0 bridgehead atoms. The van der Waals surface area contributed by atoms with Crippen molar-refractivity contribution in [3.05, 3.63) is 191 Å². The summed E-state index contributed by atoms with van der Waals surface area (Å²) in [5, 5.41) is 4.81. The van der Waals surface area contributed by atoms with E-state index >= 15 is 0 Å². The molecular weight excluding hydrogens is 560 g/mol. The lowest BCUT2D eigenvalue weighted by molar-refractivity contribution is 0.297. The Morgan fingerprint density at radius 3 is 1.22 bits per heavy atom. The van der Waals surface area contributed by atoms with Gasteiger partial charge in [-0.2, -0.15) is 0 Å². The first-order chi connectivity index (χ1) is 22.8. The van der Waals surface area contributed by atoms with Crippen LogP contribution in [0.4, 0.5) is 0 Å². The van der Waals surface area contributed by atoms with Crippen molar-refractivity contribution < 1.29 is 9.47 Å². The summed E-state index contributed by atoms with van der Waals surface area (Å²) in [6.07, 6.45) is 8.47. The van der Waals surface area contributed by atoms with Gasteiger partial charge in [-0.3, -0.25) is 0 Å². The van der Waals surface area contributed by atoms with Crippen LogP contribution >= 0.6 is 0 Å². The molecule has 0 aromatic heterocycles. The van der Waals surface area contributed by atoms with E-state index in [1.54, 1.807) is 0 Å². The van der Waals surface area contributed by atoms with Gasteiger partial charge in [-0.1, -0.05) is 170 Å². The summed E-state index contributed by atoms with van der Waals surface area (Å²) < 4.78 is 13.3. The number of hydrogen-bond acceptors (Lipinski definition) is 2. The maximum atomic E-state index is 6.65. The van der Waals surface area contributed by atoms with Crippen LogP contribution in [-0.2, 0) is 13.2 Å². The fourth-order valence-electron chi connectivity index (χ4n) is 5.75. The molecule has 0 spiro atoms. The van der Waals surface area contributed by atoms with Crippen LogP contribution in [0.5, 0.6) is 11.5 Å². The van der Waals surface area contributed by atoms with Crippen molar-refractivity contribution in [2.45, 2.75) is 13.2 Å². The van der Waals surface area contributed by atoms with Crippen molar-refractivity contribution >= 4 is 45.8 Å². The summed E-state index contributed by atoms with van der Waals surface area (Å²) in [4.78, 5) is 0. The molecule has 0 fully saturated rings. The van der Waals surface area contributed by atoms with Crippen LogP contribution in [0.1, 0.15) is 33.4 Å². The van der Waals surface area contributed by atoms with Crippen molar-refractivity contribution in [1.29, 1.82) is 0 Å². The first-order valence-electron chi connectivity index (χ1n) is 15.6. The lowest BCUT2D eigenvalue weighted by Gasteiger charge is -2.17. The van der Waals surface area contributed by atoms with E-state index in [4.69, 9.17) is 9.47 Å². The molecule has 2 nitrogen and oxygen atoms in total. The van der Waals surface area contributed by atoms with Gasteiger partial charge in [0.25, 0.3) is 0 Å². The van der Waals surface area contributed by atoms with E-state index < -0.39 is 0 Å². The number of rotatable bonds is 10. The molecule has 222 valence electrons. The van der Waals surface area contributed by atoms with Crippen molar-refractivity contribution in [3.8, 4) is 11.5 Å². The molecule has 0 aliphatic carbocycles. The Morgan fingerprint density at radius 2 is 0.761 bits per heavy atom. The Kier molecular flexibility index (Phi) is 8.69. The number of ether oxygens (including phenoxy) is 2. The first-order valence-corrected chi connectivity index (χ1v) is 15.6. The molecule has 7 aromatic carbocycles. The van der Waals surface area contributed by atoms with Crippen LogP contribution in [0.2, 0.25) is 0 Å². The zero-order chi connectivity index (χ0) is 31.0. The Hall–Kier alpha value is -5.86. The van der Waals surface area contributed by atoms with E-state index in [9.17, 15) is 0 Å². The van der Waals surface area contributed by atoms with Gasteiger partial charge in [-0.15, -0.1) is 0 Å². The van der Waals surface area contributed by atoms with Gasteiger partial charge in [0.15, 0.2) is 0 Å².